The molecule has 2 saturated heterocycles. The van der Waals surface area contributed by atoms with Gasteiger partial charge in [-0.15, -0.1) is 0 Å². The number of hydrogen-bond donors (Lipinski definition) is 4. The number of aliphatic imine (C=N–C) groups is 2. The molecule has 4 amide bonds. The minimum Gasteiger partial charge on any atom is -0.488 e. The van der Waals surface area contributed by atoms with E-state index in [0.717, 1.165) is 162 Å². The van der Waals surface area contributed by atoms with Crippen molar-refractivity contribution in [3.05, 3.63) is 131 Å². The molecule has 2 aromatic heterocycles. The third kappa shape index (κ3) is 16.0. The molecule has 8 aromatic rings. The third-order valence-electron chi connectivity index (χ3n) is 24.1. The van der Waals surface area contributed by atoms with Gasteiger partial charge >= 0.3 is 31.5 Å². The van der Waals surface area contributed by atoms with E-state index >= 15 is 0 Å². The van der Waals surface area contributed by atoms with Crippen molar-refractivity contribution < 1.29 is 74.7 Å². The summed E-state index contributed by atoms with van der Waals surface area (Å²) in [5, 5.41) is 9.78. The maximum atomic E-state index is 14.1. The van der Waals surface area contributed by atoms with E-state index in [-0.39, 0.29) is 97.0 Å². The van der Waals surface area contributed by atoms with Gasteiger partial charge in [-0.3, -0.25) is 24.5 Å². The van der Waals surface area contributed by atoms with E-state index < -0.39 is 49.1 Å². The summed E-state index contributed by atoms with van der Waals surface area (Å²) >= 11 is 0. The number of ether oxygens (including phenoxy) is 7. The number of nitrogens with zero attached hydrogens (tertiary/aromatic N) is 6. The molecular formula is C87H98F4N10O12. The number of aromatic amines is 2. The van der Waals surface area contributed by atoms with Crippen LogP contribution in [0.1, 0.15) is 160 Å². The fourth-order valence-electron chi connectivity index (χ4n) is 18.4. The molecule has 11 atom stereocenters. The lowest BCUT2D eigenvalue weighted by atomic mass is 9.78. The Hall–Kier alpha value is -10.2. The number of nitrogens with one attached hydrogen (secondary N) is 4. The lowest BCUT2D eigenvalue weighted by Crippen LogP contribution is -2.51. The molecule has 8 aliphatic rings. The van der Waals surface area contributed by atoms with Crippen LogP contribution in [0.5, 0.6) is 11.5 Å². The number of alkyl halides is 4. The predicted molar refractivity (Wildman–Crippen MR) is 420 cm³/mol. The molecule has 4 fully saturated rings. The molecule has 6 aliphatic heterocycles. The second-order valence-corrected chi connectivity index (χ2v) is 33.3. The fraction of sp³-hybridized carbons (Fsp3) is 0.483. The highest BCUT2D eigenvalue weighted by molar-refractivity contribution is 6.08. The number of methoxy groups -OCH3 is 2. The molecule has 26 heteroatoms. The first-order chi connectivity index (χ1) is 54.1. The third-order valence-corrected chi connectivity index (χ3v) is 24.1. The summed E-state index contributed by atoms with van der Waals surface area (Å²) in [5.41, 5.74) is 15.5. The van der Waals surface area contributed by atoms with Gasteiger partial charge in [0.25, 0.3) is 0 Å². The van der Waals surface area contributed by atoms with Gasteiger partial charge in [0.15, 0.2) is 5.78 Å². The lowest BCUT2D eigenvalue weighted by Gasteiger charge is -2.31. The molecule has 596 valence electrons. The molecule has 8 heterocycles. The highest BCUT2D eigenvalue weighted by Gasteiger charge is 2.47. The smallest absolute Gasteiger partial charge is 0.411 e. The zero-order valence-corrected chi connectivity index (χ0v) is 65.6. The minimum absolute atomic E-state index is 0.0248. The summed E-state index contributed by atoms with van der Waals surface area (Å²) < 4.78 is 88.5. The maximum absolute atomic E-state index is 14.1. The van der Waals surface area contributed by atoms with Crippen LogP contribution in [0, 0.1) is 41.4 Å². The Kier molecular flexibility index (Phi) is 22.1. The number of benzene rings is 6. The molecule has 0 bridgehead atoms. The zero-order valence-electron chi connectivity index (χ0n) is 65.6. The van der Waals surface area contributed by atoms with E-state index in [2.05, 4.69) is 133 Å². The van der Waals surface area contributed by atoms with Crippen LogP contribution in [-0.2, 0) is 59.3 Å². The van der Waals surface area contributed by atoms with Crippen LogP contribution >= 0.6 is 0 Å². The van der Waals surface area contributed by atoms with E-state index in [1.807, 2.05) is 51.8 Å². The van der Waals surface area contributed by atoms with Crippen molar-refractivity contribution in [3.63, 3.8) is 0 Å². The molecule has 4 N–H and O–H groups in total. The van der Waals surface area contributed by atoms with Crippen LogP contribution in [0.4, 0.5) is 43.3 Å². The Bertz CT molecular complexity index is 5070. The molecule has 0 spiro atoms. The molecule has 6 aromatic carbocycles. The summed E-state index contributed by atoms with van der Waals surface area (Å²) in [6.07, 6.45) is 9.73. The standard InChI is InChI=1S/C48H56F2N6O8.C39H42F2N4O4/c1-23(2)41(54-47(59)61-6)43(57)40-25(5)8-11-31(40)36-17-33-32-18-39-34(16-27(32)10-13-35(33)52-36)30-12-9-28(15-29(30)22-63-39)37-19-51-44(53-37)38-14-26(21-64-46(49)50)20-56(38)45(58)42(24(3)4)55-48(60)62-7;1-21-5-12-34(45(21)38(46)49-39(2,3)4)32-16-29-28-17-35-30(15-23(28)9-11-31(29)43-32)27-10-8-24(14-26(27)20-47-35)33-18-42-36(44-33)25-7-6-22(13-25)19-48-37(40)41/h9-10,12-13,15-16,18-19,23-26,31,38,40-42,46H,8,11,14,17,20-22H2,1-7H3,(H,51,53)(H,54,59)(H,55,60);8-11,14-15,17-18,21-22,25,34,37H,5-7,12-13,16,19-20H2,1-4H3,(H,42,44)/t25-,26-,31-,38-,40?,41-,42-;21-,22+,25-,34-/m00/s1. The maximum Gasteiger partial charge on any atom is 0.411 e. The average Bonchev–Trinajstić information content (AvgIpc) is 1.71. The number of Topliss-reactive ketones (excluding diaryl/α,β-unsaturated/α-hetero) is 1. The number of halogens is 4. The number of H-pyrrole nitrogens is 2. The number of fused-ring (bicyclic) bond motifs is 12. The predicted octanol–water partition coefficient (Wildman–Crippen LogP) is 17.9. The van der Waals surface area contributed by atoms with E-state index in [4.69, 9.17) is 33.7 Å². The second kappa shape index (κ2) is 32.0. The first kappa shape index (κ1) is 78.1. The van der Waals surface area contributed by atoms with Gasteiger partial charge in [0, 0.05) is 71.7 Å². The van der Waals surface area contributed by atoms with Crippen molar-refractivity contribution in [1.29, 1.82) is 0 Å². The molecule has 1 unspecified atom stereocenters. The van der Waals surface area contributed by atoms with E-state index in [9.17, 15) is 41.5 Å². The number of alkyl carbamates (subject to hydrolysis) is 2. The Labute approximate surface area is 653 Å². The monoisotopic (exact) mass is 1550 g/mol. The Morgan fingerprint density at radius 2 is 1.15 bits per heavy atom. The van der Waals surface area contributed by atoms with Gasteiger partial charge in [0.2, 0.25) is 5.91 Å². The van der Waals surface area contributed by atoms with Crippen LogP contribution in [0.15, 0.2) is 107 Å². The molecule has 2 aliphatic carbocycles. The van der Waals surface area contributed by atoms with Crippen molar-refractivity contribution in [2.75, 3.05) is 34.0 Å². The zero-order chi connectivity index (χ0) is 79.6. The summed E-state index contributed by atoms with van der Waals surface area (Å²) in [5.74, 6) is 2.15. The fourth-order valence-corrected chi connectivity index (χ4v) is 18.4. The van der Waals surface area contributed by atoms with Crippen molar-refractivity contribution >= 4 is 74.3 Å². The number of ketones is 1. The van der Waals surface area contributed by atoms with Crippen molar-refractivity contribution in [2.45, 2.75) is 195 Å². The van der Waals surface area contributed by atoms with E-state index in [0.29, 0.717) is 44.0 Å². The topological polar surface area (TPSA) is 263 Å². The van der Waals surface area contributed by atoms with Gasteiger partial charge in [-0.1, -0.05) is 71.0 Å². The number of likely N-dealkylation sites (tertiary alicyclic amines) is 2. The van der Waals surface area contributed by atoms with Gasteiger partial charge in [-0.25, -0.2) is 24.4 Å². The molecule has 16 rings (SSSR count). The molecule has 22 nitrogen and oxygen atoms in total. The first-order valence-electron chi connectivity index (χ1n) is 39.5. The molecule has 0 radical (unpaired) electrons. The minimum atomic E-state index is -2.94. The SMILES string of the molecule is COC(=O)N[C@H](C(=O)C1[C@@H](C)CC[C@H]1C1=Nc2ccc3cc4c(cc3c2C1)OCc1cc(-c2cnc([C@@H]3C[C@H](COC(F)F)CN3C(=O)[C@@H](NC(=O)OC)C(C)C)[nH]2)ccc1-4)C(C)C.C[C@H]1CC[C@@H](C2=Nc3ccc4cc5c(cc4c3C2)OCc2cc(-c3cnc([C@H]4CC[C@@H](COC(F)F)C4)[nH]3)ccc2-5)N1C(=O)OC(C)(C)C. The Morgan fingerprint density at radius 3 is 1.72 bits per heavy atom. The van der Waals surface area contributed by atoms with Gasteiger partial charge in [-0.2, -0.15) is 17.6 Å². The number of aromatic nitrogens is 4. The van der Waals surface area contributed by atoms with E-state index in [1.54, 1.807) is 24.9 Å². The van der Waals surface area contributed by atoms with Crippen molar-refractivity contribution in [1.82, 2.24) is 40.4 Å². The lowest BCUT2D eigenvalue weighted by molar-refractivity contribution is -0.139. The quantitative estimate of drug-likeness (QED) is 0.0433. The van der Waals surface area contributed by atoms with E-state index in [1.165, 1.54) is 19.8 Å². The average molecular weight is 1550 g/mol. The Balaban J connectivity index is 0.000000184. The second-order valence-electron chi connectivity index (χ2n) is 33.3. The van der Waals surface area contributed by atoms with Crippen LogP contribution in [0.2, 0.25) is 0 Å². The number of carbonyl (C=O) groups is 5. The van der Waals surface area contributed by atoms with Crippen LogP contribution in [0.3, 0.4) is 0 Å². The van der Waals surface area contributed by atoms with Crippen LogP contribution in [0.25, 0.3) is 66.3 Å². The normalized spacial score (nSPS) is 22.5. The summed E-state index contributed by atoms with van der Waals surface area (Å²) in [7, 11) is 2.52. The van der Waals surface area contributed by atoms with Crippen LogP contribution in [-0.4, -0.2) is 148 Å². The summed E-state index contributed by atoms with van der Waals surface area (Å²) in [6.45, 7) is 12.5. The van der Waals surface area contributed by atoms with Gasteiger partial charge in [-0.05, 0) is 217 Å². The van der Waals surface area contributed by atoms with Crippen LogP contribution < -0.4 is 20.1 Å². The largest absolute Gasteiger partial charge is 0.488 e. The highest BCUT2D eigenvalue weighted by atomic mass is 19.3. The van der Waals surface area contributed by atoms with Crippen molar-refractivity contribution in [2.24, 2.45) is 51.4 Å². The van der Waals surface area contributed by atoms with Gasteiger partial charge in [0.05, 0.1) is 80.7 Å². The van der Waals surface area contributed by atoms with Gasteiger partial charge in [0.1, 0.15) is 48.0 Å². The number of imidazole rings is 2. The summed E-state index contributed by atoms with van der Waals surface area (Å²) in [6, 6.07) is 27.5. The highest BCUT2D eigenvalue weighted by Crippen LogP contribution is 2.50. The molecule has 2 saturated carbocycles. The number of rotatable bonds is 19. The van der Waals surface area contributed by atoms with Crippen molar-refractivity contribution in [3.8, 4) is 56.3 Å². The van der Waals surface area contributed by atoms with Gasteiger partial charge < -0.3 is 58.7 Å². The Morgan fingerprint density at radius 1 is 0.602 bits per heavy atom. The number of carbonyl (C=O) groups excluding carboxylic acids is 5. The number of amides is 4. The molecule has 113 heavy (non-hydrogen) atoms. The number of hydrogen-bond acceptors (Lipinski definition) is 16. The molecular weight excluding hydrogens is 1450 g/mol. The summed E-state index contributed by atoms with van der Waals surface area (Å²) in [4.78, 5) is 95.5. The first-order valence-corrected chi connectivity index (χ1v) is 39.5.